The number of nitrogens with one attached hydrogen (secondary N) is 1. The molecule has 9 aromatic heterocycles. The lowest BCUT2D eigenvalue weighted by Gasteiger charge is -2.10. The second-order valence-electron chi connectivity index (χ2n) is 17.8. The number of hydrogen-bond donors (Lipinski definition) is 1. The van der Waals surface area contributed by atoms with Crippen LogP contribution in [0.3, 0.4) is 0 Å². The third-order valence-electron chi connectivity index (χ3n) is 12.0. The molecule has 0 radical (unpaired) electrons. The van der Waals surface area contributed by atoms with Gasteiger partial charge >= 0.3 is 0 Å². The molecule has 82 heavy (non-hydrogen) atoms. The minimum Gasteiger partial charge on any atom is -0.472 e. The lowest BCUT2D eigenvalue weighted by Crippen LogP contribution is -2.01. The molecule has 21 heteroatoms. The van der Waals surface area contributed by atoms with Gasteiger partial charge in [-0.25, -0.2) is 40.2 Å². The molecule has 9 heterocycles. The summed E-state index contributed by atoms with van der Waals surface area (Å²) < 4.78 is 92.9. The Bertz CT molecular complexity index is 4190. The molecule has 0 saturated heterocycles. The molecule has 0 amide bonds. The Morgan fingerprint density at radius 1 is 0.476 bits per heavy atom. The lowest BCUT2D eigenvalue weighted by atomic mass is 10.1. The molecule has 424 valence electrons. The van der Waals surface area contributed by atoms with E-state index in [9.17, 15) is 25.3 Å². The van der Waals surface area contributed by atoms with Gasteiger partial charge in [0.25, 0.3) is 0 Å². The zero-order valence-electron chi connectivity index (χ0n) is 42.3. The van der Waals surface area contributed by atoms with Gasteiger partial charge in [-0.3, -0.25) is 4.98 Å². The second kappa shape index (κ2) is 26.7. The quantitative estimate of drug-likeness (QED) is 0.101. The number of aromatic nitrogens is 4. The van der Waals surface area contributed by atoms with E-state index in [1.807, 2.05) is 88.9 Å². The third-order valence-corrected chi connectivity index (χ3v) is 18.0. The first-order chi connectivity index (χ1) is 38.0. The average molecular weight is 1210 g/mol. The van der Waals surface area contributed by atoms with E-state index in [-0.39, 0.29) is 37.0 Å². The summed E-state index contributed by atoms with van der Waals surface area (Å²) >= 11 is 4.93. The Morgan fingerprint density at radius 3 is 1.37 bits per heavy atom. The van der Waals surface area contributed by atoms with Crippen molar-refractivity contribution in [1.29, 1.82) is 0 Å². The van der Waals surface area contributed by atoms with Gasteiger partial charge in [-0.05, 0) is 101 Å². The highest BCUT2D eigenvalue weighted by Crippen LogP contribution is 2.34. The van der Waals surface area contributed by atoms with E-state index in [1.54, 1.807) is 126 Å². The fourth-order valence-corrected chi connectivity index (χ4v) is 11.8. The Morgan fingerprint density at radius 2 is 0.902 bits per heavy atom. The van der Waals surface area contributed by atoms with Crippen molar-refractivity contribution in [2.75, 3.05) is 24.1 Å². The predicted molar refractivity (Wildman–Crippen MR) is 332 cm³/mol. The van der Waals surface area contributed by atoms with Gasteiger partial charge in [-0.2, -0.15) is 0 Å². The maximum atomic E-state index is 11.7. The maximum absolute atomic E-state index is 11.7. The summed E-state index contributed by atoms with van der Waals surface area (Å²) in [4.78, 5) is 22.6. The van der Waals surface area contributed by atoms with Crippen LogP contribution >= 0.6 is 34.0 Å². The van der Waals surface area contributed by atoms with Crippen LogP contribution in [0.15, 0.2) is 210 Å². The summed E-state index contributed by atoms with van der Waals surface area (Å²) in [5.41, 5.74) is 6.48. The lowest BCUT2D eigenvalue weighted by molar-refractivity contribution is 0.298. The zero-order valence-corrected chi connectivity index (χ0v) is 47.2. The largest absolute Gasteiger partial charge is 0.472 e. The average Bonchev–Trinajstić information content (AvgIpc) is 4.43. The fourth-order valence-electron chi connectivity index (χ4n) is 8.08. The molecule has 0 aliphatic carbocycles. The first-order valence-corrected chi connectivity index (χ1v) is 32.3. The Balaban J connectivity index is 0.000000174. The van der Waals surface area contributed by atoms with Crippen molar-refractivity contribution in [1.82, 2.24) is 19.9 Å². The summed E-state index contributed by atoms with van der Waals surface area (Å²) in [7, 11) is -9.72. The van der Waals surface area contributed by atoms with Gasteiger partial charge in [0.1, 0.15) is 30.4 Å². The van der Waals surface area contributed by atoms with Gasteiger partial charge in [-0.1, -0.05) is 76.9 Å². The molecule has 0 unspecified atom stereocenters. The van der Waals surface area contributed by atoms with Crippen molar-refractivity contribution in [3.8, 4) is 45.5 Å². The number of ether oxygens (including phenoxy) is 2. The minimum atomic E-state index is -3.24. The van der Waals surface area contributed by atoms with E-state index in [0.717, 1.165) is 53.9 Å². The van der Waals surface area contributed by atoms with E-state index >= 15 is 0 Å². The first kappa shape index (κ1) is 61.6. The molecular formula is C61H59N5O10S6. The minimum absolute atomic E-state index is 0. The van der Waals surface area contributed by atoms with Crippen LogP contribution in [-0.4, -0.2) is 64.0 Å². The van der Waals surface area contributed by atoms with Gasteiger partial charge < -0.3 is 23.6 Å². The zero-order chi connectivity index (χ0) is 55.2. The smallest absolute Gasteiger partial charge is 0.216 e. The van der Waals surface area contributed by atoms with Crippen LogP contribution in [0, 0.1) is 0 Å². The number of furan rings is 2. The van der Waals surface area contributed by atoms with Crippen LogP contribution in [0.4, 0.5) is 5.82 Å². The highest BCUT2D eigenvalue weighted by atomic mass is 32.2. The van der Waals surface area contributed by atoms with Crippen molar-refractivity contribution in [2.24, 2.45) is 0 Å². The van der Waals surface area contributed by atoms with Crippen LogP contribution in [0.1, 0.15) is 36.9 Å². The van der Waals surface area contributed by atoms with E-state index in [1.165, 1.54) is 23.6 Å². The number of sulfone groups is 3. The number of rotatable bonds is 15. The molecule has 12 rings (SSSR count). The molecule has 0 aliphatic heterocycles. The normalized spacial score (nSPS) is 11.3. The van der Waals surface area contributed by atoms with E-state index in [2.05, 4.69) is 31.3 Å². The molecule has 0 fully saturated rings. The number of fused-ring (bicyclic) bond motifs is 3. The highest BCUT2D eigenvalue weighted by molar-refractivity contribution is 7.91. The molecule has 12 aromatic rings. The van der Waals surface area contributed by atoms with Crippen molar-refractivity contribution in [2.45, 2.75) is 56.7 Å². The van der Waals surface area contributed by atoms with Gasteiger partial charge in [0.15, 0.2) is 40.7 Å². The molecule has 0 spiro atoms. The predicted octanol–water partition coefficient (Wildman–Crippen LogP) is 15.4. The summed E-state index contributed by atoms with van der Waals surface area (Å²) in [6.45, 7) is 1.58. The Kier molecular flexibility index (Phi) is 20.0. The summed E-state index contributed by atoms with van der Waals surface area (Å²) in [5.74, 6) is 1.72. The molecule has 0 aliphatic rings. The fraction of sp³-hybridized carbons (Fsp3) is 0.148. The van der Waals surface area contributed by atoms with Gasteiger partial charge in [-0.15, -0.1) is 34.0 Å². The Labute approximate surface area is 489 Å². The van der Waals surface area contributed by atoms with Crippen LogP contribution in [-0.2, 0) is 49.3 Å². The number of hydrogen-bond acceptors (Lipinski definition) is 18. The summed E-state index contributed by atoms with van der Waals surface area (Å²) in [6, 6.07) is 45.2. The first-order valence-electron chi connectivity index (χ1n) is 24.0. The van der Waals surface area contributed by atoms with Crippen LogP contribution in [0.2, 0.25) is 0 Å². The number of anilines is 1. The monoisotopic (exact) mass is 1210 g/mol. The molecular weight excluding hydrogens is 1160 g/mol. The van der Waals surface area contributed by atoms with Crippen LogP contribution in [0.5, 0.6) is 11.8 Å². The van der Waals surface area contributed by atoms with Gasteiger partial charge in [0.2, 0.25) is 11.8 Å². The number of pyridine rings is 4. The van der Waals surface area contributed by atoms with Gasteiger partial charge in [0, 0.05) is 84.6 Å². The van der Waals surface area contributed by atoms with E-state index < -0.39 is 29.5 Å². The molecule has 15 nitrogen and oxygen atoms in total. The van der Waals surface area contributed by atoms with Crippen molar-refractivity contribution < 1.29 is 43.6 Å². The summed E-state index contributed by atoms with van der Waals surface area (Å²) in [6.07, 6.45) is 8.53. The topological polar surface area (TPSA) is 211 Å². The second-order valence-corrected chi connectivity index (χ2v) is 26.9. The Hall–Kier alpha value is -8.05. The van der Waals surface area contributed by atoms with Crippen LogP contribution < -0.4 is 14.8 Å². The SMILES string of the molecule is C.C.C.CS(=O)(=O)c1ccc(-c2nc(NCc3cccs3)cc3ccoc23)cc1.CS(=O)(=O)c1ccc(-c2nc(OCc3cccs3)cc3ccoc23)cc1.CS(=O)(=O)c1ccc(-c2nc(OCc3cccs3)cc3ncccc23)cc1. The standard InChI is InChI=1S/C20H16N2O3S2.C19H16N2O3S2.C19H15NO4S2.3CH4/c1-27(23,24)16-8-6-14(7-9-16)20-17-5-2-10-21-18(17)12-19(22-20)25-13-15-4-3-11-26-15;1-26(22,23)16-6-4-13(5-7-16)18-19-14(8-9-24-19)11-17(21-18)20-12-15-3-2-10-25-15;1-26(21,22)16-6-4-13(5-7-16)18-19-14(8-9-23-19)11-17(20-18)24-12-15-3-2-10-25-15;;;/h2-12H,13H2,1H3;2-11H,12H2,1H3,(H,20,21);2-11H,12H2,1H3;3*1H4. The van der Waals surface area contributed by atoms with Crippen LogP contribution in [0.25, 0.3) is 66.6 Å². The van der Waals surface area contributed by atoms with E-state index in [4.69, 9.17) is 18.3 Å². The molecule has 0 bridgehead atoms. The van der Waals surface area contributed by atoms with Crippen molar-refractivity contribution in [3.63, 3.8) is 0 Å². The van der Waals surface area contributed by atoms with Crippen molar-refractivity contribution >= 4 is 102 Å². The van der Waals surface area contributed by atoms with Gasteiger partial charge in [0.05, 0.1) is 45.0 Å². The highest BCUT2D eigenvalue weighted by Gasteiger charge is 2.17. The molecule has 1 N–H and O–H groups in total. The number of benzene rings is 3. The summed E-state index contributed by atoms with van der Waals surface area (Å²) in [5, 5.41) is 12.1. The van der Waals surface area contributed by atoms with Crippen molar-refractivity contribution in [3.05, 3.63) is 201 Å². The number of nitrogens with zero attached hydrogens (tertiary/aromatic N) is 4. The third kappa shape index (κ3) is 15.1. The molecule has 0 saturated carbocycles. The number of thiophene rings is 3. The van der Waals surface area contributed by atoms with E-state index in [0.29, 0.717) is 59.8 Å². The maximum Gasteiger partial charge on any atom is 0.216 e. The molecule has 3 aromatic carbocycles. The molecule has 0 atom stereocenters.